The molecule has 150 valence electrons. The first-order chi connectivity index (χ1) is 13.3. The smallest absolute Gasteiger partial charge is 0.406 e. The monoisotopic (exact) mass is 374 g/mol. The summed E-state index contributed by atoms with van der Waals surface area (Å²) in [6.07, 6.45) is 10.3. The van der Waals surface area contributed by atoms with E-state index in [0.717, 1.165) is 12.8 Å². The normalized spacial score (nSPS) is 16.3. The first-order valence-electron chi connectivity index (χ1n) is 10.7. The second-order valence-electron chi connectivity index (χ2n) is 7.65. The highest BCUT2D eigenvalue weighted by Gasteiger charge is 2.15. The Balaban J connectivity index is 1.27. The fourth-order valence-corrected chi connectivity index (χ4v) is 3.88. The van der Waals surface area contributed by atoms with E-state index in [2.05, 4.69) is 21.7 Å². The van der Waals surface area contributed by atoms with E-state index in [1.165, 1.54) is 71.4 Å². The lowest BCUT2D eigenvalue weighted by atomic mass is 10.1. The van der Waals surface area contributed by atoms with Crippen LogP contribution in [0.3, 0.4) is 0 Å². The van der Waals surface area contributed by atoms with Gasteiger partial charge in [-0.2, -0.15) is 0 Å². The molecule has 2 aromatic rings. The molecule has 0 N–H and O–H groups in total. The number of nitrogens with zero attached hydrogens (tertiary/aromatic N) is 4. The maximum absolute atomic E-state index is 11.9. The van der Waals surface area contributed by atoms with Crippen LogP contribution in [0.5, 0.6) is 0 Å². The number of rotatable bonds is 11. The van der Waals surface area contributed by atoms with Crippen LogP contribution in [0.15, 0.2) is 27.5 Å². The molecule has 1 saturated heterocycles. The molecule has 0 atom stereocenters. The summed E-state index contributed by atoms with van der Waals surface area (Å²) in [5.74, 6) is -0.291. The minimum Gasteiger partial charge on any atom is -0.406 e. The molecule has 0 radical (unpaired) electrons. The van der Waals surface area contributed by atoms with Crippen molar-refractivity contribution < 1.29 is 4.42 Å². The van der Waals surface area contributed by atoms with Gasteiger partial charge in [-0.05, 0) is 44.5 Å². The minimum absolute atomic E-state index is 0.291. The molecule has 1 aliphatic rings. The highest BCUT2D eigenvalue weighted by atomic mass is 16.4. The second kappa shape index (κ2) is 10.6. The van der Waals surface area contributed by atoms with Crippen LogP contribution in [0.1, 0.15) is 51.9 Å². The van der Waals surface area contributed by atoms with E-state index in [0.29, 0.717) is 17.8 Å². The first-order valence-corrected chi connectivity index (χ1v) is 10.7. The number of pyridine rings is 1. The van der Waals surface area contributed by atoms with Crippen LogP contribution >= 0.6 is 0 Å². The van der Waals surface area contributed by atoms with Gasteiger partial charge in [0.1, 0.15) is 0 Å². The lowest BCUT2D eigenvalue weighted by Gasteiger charge is -2.34. The fraction of sp³-hybridized carbons (Fsp3) is 0.714. The van der Waals surface area contributed by atoms with Crippen molar-refractivity contribution in [2.24, 2.45) is 0 Å². The summed E-state index contributed by atoms with van der Waals surface area (Å²) >= 11 is 0. The molecular weight excluding hydrogens is 340 g/mol. The van der Waals surface area contributed by atoms with E-state index < -0.39 is 0 Å². The largest absolute Gasteiger partial charge is 0.421 e. The van der Waals surface area contributed by atoms with Gasteiger partial charge in [-0.15, -0.1) is 0 Å². The highest BCUT2D eigenvalue weighted by Crippen LogP contribution is 2.11. The van der Waals surface area contributed by atoms with E-state index in [1.807, 2.05) is 0 Å². The predicted octanol–water partition coefficient (Wildman–Crippen LogP) is 3.36. The van der Waals surface area contributed by atoms with Gasteiger partial charge in [-0.1, -0.05) is 32.6 Å². The molecule has 27 heavy (non-hydrogen) atoms. The maximum Gasteiger partial charge on any atom is 0.421 e. The third-order valence-corrected chi connectivity index (χ3v) is 5.57. The van der Waals surface area contributed by atoms with Crippen molar-refractivity contribution in [1.29, 1.82) is 0 Å². The number of oxazole rings is 1. The molecule has 0 saturated carbocycles. The maximum atomic E-state index is 11.9. The molecule has 0 aromatic carbocycles. The molecule has 0 spiro atoms. The number of aryl methyl sites for hydroxylation is 1. The summed E-state index contributed by atoms with van der Waals surface area (Å²) in [6, 6.07) is 3.59. The van der Waals surface area contributed by atoms with Crippen LogP contribution in [0, 0.1) is 0 Å². The number of hydrogen-bond acceptors (Lipinski definition) is 5. The summed E-state index contributed by atoms with van der Waals surface area (Å²) in [4.78, 5) is 21.4. The first kappa shape index (κ1) is 20.1. The molecule has 0 aliphatic carbocycles. The molecule has 0 amide bonds. The fourth-order valence-electron chi connectivity index (χ4n) is 3.88. The molecule has 6 nitrogen and oxygen atoms in total. The zero-order valence-electron chi connectivity index (χ0n) is 16.7. The van der Waals surface area contributed by atoms with Gasteiger partial charge >= 0.3 is 5.76 Å². The van der Waals surface area contributed by atoms with Gasteiger partial charge in [0.2, 0.25) is 0 Å². The van der Waals surface area contributed by atoms with E-state index in [1.54, 1.807) is 22.9 Å². The Hall–Kier alpha value is -1.66. The van der Waals surface area contributed by atoms with Gasteiger partial charge < -0.3 is 14.2 Å². The van der Waals surface area contributed by atoms with Crippen LogP contribution in [0.25, 0.3) is 11.2 Å². The molecular formula is C21H34N4O2. The summed E-state index contributed by atoms with van der Waals surface area (Å²) in [6.45, 7) is 10.3. The number of hydrogen-bond donors (Lipinski definition) is 0. The lowest BCUT2D eigenvalue weighted by molar-refractivity contribution is 0.129. The van der Waals surface area contributed by atoms with Gasteiger partial charge in [0, 0.05) is 38.9 Å². The SMILES string of the molecule is CCCCCN1CCN(CCCCCCn2c(=O)oc3cccnc32)CC1. The van der Waals surface area contributed by atoms with Gasteiger partial charge in [-0.3, -0.25) is 4.57 Å². The van der Waals surface area contributed by atoms with Crippen molar-refractivity contribution in [3.05, 3.63) is 28.9 Å². The number of piperazine rings is 1. The summed E-state index contributed by atoms with van der Waals surface area (Å²) in [5.41, 5.74) is 1.25. The Kier molecular flexibility index (Phi) is 7.90. The van der Waals surface area contributed by atoms with Crippen LogP contribution < -0.4 is 5.76 Å². The van der Waals surface area contributed by atoms with Crippen molar-refractivity contribution in [2.75, 3.05) is 39.3 Å². The van der Waals surface area contributed by atoms with E-state index in [4.69, 9.17) is 4.42 Å². The standard InChI is InChI=1S/C21H34N4O2/c1-2-3-6-12-23-15-17-24(18-16-23)13-7-4-5-8-14-25-20-19(27-21(25)26)10-9-11-22-20/h9-11H,2-8,12-18H2,1H3. The number of aromatic nitrogens is 2. The van der Waals surface area contributed by atoms with Crippen molar-refractivity contribution in [3.8, 4) is 0 Å². The van der Waals surface area contributed by atoms with Crippen LogP contribution in [0.2, 0.25) is 0 Å². The second-order valence-corrected chi connectivity index (χ2v) is 7.65. The number of fused-ring (bicyclic) bond motifs is 1. The lowest BCUT2D eigenvalue weighted by Crippen LogP contribution is -2.46. The van der Waals surface area contributed by atoms with Gasteiger partial charge in [0.25, 0.3) is 0 Å². The van der Waals surface area contributed by atoms with Crippen molar-refractivity contribution in [2.45, 2.75) is 58.4 Å². The predicted molar refractivity (Wildman–Crippen MR) is 109 cm³/mol. The van der Waals surface area contributed by atoms with Gasteiger partial charge in [0.15, 0.2) is 11.2 Å². The Morgan fingerprint density at radius 1 is 0.926 bits per heavy atom. The summed E-state index contributed by atoms with van der Waals surface area (Å²) in [5, 5.41) is 0. The molecule has 2 aromatic heterocycles. The van der Waals surface area contributed by atoms with E-state index >= 15 is 0 Å². The molecule has 3 heterocycles. The number of unbranched alkanes of at least 4 members (excludes halogenated alkanes) is 5. The Morgan fingerprint density at radius 3 is 2.22 bits per heavy atom. The summed E-state index contributed by atoms with van der Waals surface area (Å²) < 4.78 is 6.89. The molecule has 3 rings (SSSR count). The Morgan fingerprint density at radius 2 is 1.56 bits per heavy atom. The topological polar surface area (TPSA) is 54.5 Å². The van der Waals surface area contributed by atoms with Crippen molar-refractivity contribution >= 4 is 11.2 Å². The zero-order chi connectivity index (χ0) is 18.9. The highest BCUT2D eigenvalue weighted by molar-refractivity contribution is 5.67. The van der Waals surface area contributed by atoms with E-state index in [-0.39, 0.29) is 5.76 Å². The van der Waals surface area contributed by atoms with Crippen molar-refractivity contribution in [3.63, 3.8) is 0 Å². The minimum atomic E-state index is -0.291. The molecule has 1 aliphatic heterocycles. The van der Waals surface area contributed by atoms with Crippen LogP contribution in [-0.2, 0) is 6.54 Å². The Labute approximate surface area is 162 Å². The average molecular weight is 375 g/mol. The third-order valence-electron chi connectivity index (χ3n) is 5.57. The molecule has 0 bridgehead atoms. The zero-order valence-corrected chi connectivity index (χ0v) is 16.7. The van der Waals surface area contributed by atoms with Crippen LogP contribution in [0.4, 0.5) is 0 Å². The molecule has 1 fully saturated rings. The Bertz CT molecular complexity index is 731. The van der Waals surface area contributed by atoms with Gasteiger partial charge in [-0.25, -0.2) is 9.78 Å². The van der Waals surface area contributed by atoms with Gasteiger partial charge in [0.05, 0.1) is 0 Å². The molecule has 6 heteroatoms. The summed E-state index contributed by atoms with van der Waals surface area (Å²) in [7, 11) is 0. The third kappa shape index (κ3) is 5.91. The quantitative estimate of drug-likeness (QED) is 0.565. The van der Waals surface area contributed by atoms with Crippen molar-refractivity contribution in [1.82, 2.24) is 19.4 Å². The molecule has 0 unspecified atom stereocenters. The van der Waals surface area contributed by atoms with E-state index in [9.17, 15) is 4.79 Å². The van der Waals surface area contributed by atoms with Crippen LogP contribution in [-0.4, -0.2) is 58.6 Å². The average Bonchev–Trinajstić information content (AvgIpc) is 3.01.